The highest BCUT2D eigenvalue weighted by molar-refractivity contribution is 5.39. The Bertz CT molecular complexity index is 325. The van der Waals surface area contributed by atoms with Crippen molar-refractivity contribution in [2.45, 2.75) is 51.0 Å². The van der Waals surface area contributed by atoms with Gasteiger partial charge in [-0.25, -0.2) is 0 Å². The van der Waals surface area contributed by atoms with Crippen LogP contribution in [0.4, 0.5) is 5.69 Å². The number of hydrogen-bond donors (Lipinski definition) is 2. The van der Waals surface area contributed by atoms with E-state index in [4.69, 9.17) is 11.5 Å². The van der Waals surface area contributed by atoms with Crippen molar-refractivity contribution in [3.05, 3.63) is 29.8 Å². The molecule has 1 aliphatic carbocycles. The van der Waals surface area contributed by atoms with Crippen molar-refractivity contribution in [1.29, 1.82) is 0 Å². The molecule has 1 atom stereocenters. The molecular formula is C15H24N2. The van der Waals surface area contributed by atoms with E-state index in [1.807, 2.05) is 12.1 Å². The molecule has 4 N–H and O–H groups in total. The van der Waals surface area contributed by atoms with Gasteiger partial charge in [0.25, 0.3) is 0 Å². The van der Waals surface area contributed by atoms with E-state index in [2.05, 4.69) is 12.1 Å². The van der Waals surface area contributed by atoms with Gasteiger partial charge in [0, 0.05) is 11.7 Å². The standard InChI is InChI=1S/C15H24N2/c16-14-8-6-13(7-9-14)11-15(17)10-12-4-2-1-3-5-12/h6-9,12,15H,1-5,10-11,16-17H2/t15-/m1/s1. The summed E-state index contributed by atoms with van der Waals surface area (Å²) < 4.78 is 0. The fourth-order valence-electron chi connectivity index (χ4n) is 2.89. The average molecular weight is 232 g/mol. The Kier molecular flexibility index (Phi) is 4.43. The minimum absolute atomic E-state index is 0.307. The van der Waals surface area contributed by atoms with Crippen molar-refractivity contribution >= 4 is 5.69 Å². The van der Waals surface area contributed by atoms with Gasteiger partial charge < -0.3 is 11.5 Å². The van der Waals surface area contributed by atoms with Gasteiger partial charge in [-0.3, -0.25) is 0 Å². The topological polar surface area (TPSA) is 52.0 Å². The number of benzene rings is 1. The van der Waals surface area contributed by atoms with Crippen molar-refractivity contribution in [2.75, 3.05) is 5.73 Å². The Morgan fingerprint density at radius 1 is 1.06 bits per heavy atom. The average Bonchev–Trinajstić information content (AvgIpc) is 2.33. The van der Waals surface area contributed by atoms with Crippen LogP contribution in [0.3, 0.4) is 0 Å². The van der Waals surface area contributed by atoms with Gasteiger partial charge in [0.05, 0.1) is 0 Å². The fourth-order valence-corrected chi connectivity index (χ4v) is 2.89. The van der Waals surface area contributed by atoms with Gasteiger partial charge in [-0.15, -0.1) is 0 Å². The highest BCUT2D eigenvalue weighted by atomic mass is 14.6. The summed E-state index contributed by atoms with van der Waals surface area (Å²) >= 11 is 0. The molecule has 2 rings (SSSR count). The molecule has 1 aliphatic rings. The zero-order valence-electron chi connectivity index (χ0n) is 10.6. The molecule has 17 heavy (non-hydrogen) atoms. The Hall–Kier alpha value is -1.02. The Balaban J connectivity index is 1.79. The SMILES string of the molecule is Nc1ccc(C[C@H](N)CC2CCCCC2)cc1. The van der Waals surface area contributed by atoms with Gasteiger partial charge in [-0.2, -0.15) is 0 Å². The molecule has 1 saturated carbocycles. The van der Waals surface area contributed by atoms with Gasteiger partial charge >= 0.3 is 0 Å². The van der Waals surface area contributed by atoms with Crippen LogP contribution in [0.1, 0.15) is 44.1 Å². The van der Waals surface area contributed by atoms with Crippen molar-refractivity contribution < 1.29 is 0 Å². The van der Waals surface area contributed by atoms with Crippen LogP contribution in [-0.2, 0) is 6.42 Å². The van der Waals surface area contributed by atoms with Crippen molar-refractivity contribution in [3.63, 3.8) is 0 Å². The lowest BCUT2D eigenvalue weighted by molar-refractivity contribution is 0.317. The van der Waals surface area contributed by atoms with Crippen LogP contribution >= 0.6 is 0 Å². The van der Waals surface area contributed by atoms with E-state index in [1.54, 1.807) is 0 Å². The van der Waals surface area contributed by atoms with E-state index in [0.717, 1.165) is 18.0 Å². The lowest BCUT2D eigenvalue weighted by Crippen LogP contribution is -2.27. The predicted octanol–water partition coefficient (Wildman–Crippen LogP) is 3.11. The molecule has 1 aromatic rings. The number of nitrogen functional groups attached to an aromatic ring is 1. The molecule has 0 unspecified atom stereocenters. The number of rotatable bonds is 4. The fraction of sp³-hybridized carbons (Fsp3) is 0.600. The van der Waals surface area contributed by atoms with Gasteiger partial charge in [0.2, 0.25) is 0 Å². The molecule has 0 saturated heterocycles. The highest BCUT2D eigenvalue weighted by Gasteiger charge is 2.16. The molecule has 0 amide bonds. The molecular weight excluding hydrogens is 208 g/mol. The Morgan fingerprint density at radius 2 is 1.71 bits per heavy atom. The van der Waals surface area contributed by atoms with Crippen LogP contribution in [0, 0.1) is 5.92 Å². The van der Waals surface area contributed by atoms with Crippen molar-refractivity contribution in [1.82, 2.24) is 0 Å². The second kappa shape index (κ2) is 6.06. The van der Waals surface area contributed by atoms with Gasteiger partial charge in [-0.05, 0) is 36.5 Å². The van der Waals surface area contributed by atoms with Crippen LogP contribution in [0.15, 0.2) is 24.3 Å². The zero-order chi connectivity index (χ0) is 12.1. The minimum Gasteiger partial charge on any atom is -0.399 e. The summed E-state index contributed by atoms with van der Waals surface area (Å²) in [6.07, 6.45) is 9.16. The molecule has 0 bridgehead atoms. The molecule has 1 fully saturated rings. The first kappa shape index (κ1) is 12.4. The largest absolute Gasteiger partial charge is 0.399 e. The zero-order valence-corrected chi connectivity index (χ0v) is 10.6. The summed E-state index contributed by atoms with van der Waals surface area (Å²) in [5.41, 5.74) is 14.1. The first-order valence-electron chi connectivity index (χ1n) is 6.84. The van der Waals surface area contributed by atoms with Crippen molar-refractivity contribution in [3.8, 4) is 0 Å². The molecule has 0 aromatic heterocycles. The summed E-state index contributed by atoms with van der Waals surface area (Å²) in [4.78, 5) is 0. The molecule has 94 valence electrons. The third-order valence-electron chi connectivity index (χ3n) is 3.84. The quantitative estimate of drug-likeness (QED) is 0.784. The smallest absolute Gasteiger partial charge is 0.0314 e. The second-order valence-electron chi connectivity index (χ2n) is 5.45. The van der Waals surface area contributed by atoms with E-state index in [1.165, 1.54) is 44.1 Å². The molecule has 0 spiro atoms. The summed E-state index contributed by atoms with van der Waals surface area (Å²) in [6.45, 7) is 0. The van der Waals surface area contributed by atoms with Gasteiger partial charge in [-0.1, -0.05) is 44.2 Å². The predicted molar refractivity (Wildman–Crippen MR) is 73.7 cm³/mol. The number of nitrogens with two attached hydrogens (primary N) is 2. The first-order chi connectivity index (χ1) is 8.24. The third-order valence-corrected chi connectivity index (χ3v) is 3.84. The van der Waals surface area contributed by atoms with E-state index < -0.39 is 0 Å². The molecule has 2 nitrogen and oxygen atoms in total. The van der Waals surface area contributed by atoms with Crippen LogP contribution < -0.4 is 11.5 Å². The molecule has 0 aliphatic heterocycles. The first-order valence-corrected chi connectivity index (χ1v) is 6.84. The summed E-state index contributed by atoms with van der Waals surface area (Å²) in [7, 11) is 0. The second-order valence-corrected chi connectivity index (χ2v) is 5.45. The summed E-state index contributed by atoms with van der Waals surface area (Å²) in [6, 6.07) is 8.42. The molecule has 0 radical (unpaired) electrons. The maximum Gasteiger partial charge on any atom is 0.0314 e. The van der Waals surface area contributed by atoms with E-state index >= 15 is 0 Å². The Morgan fingerprint density at radius 3 is 2.35 bits per heavy atom. The number of hydrogen-bond acceptors (Lipinski definition) is 2. The lowest BCUT2D eigenvalue weighted by atomic mass is 9.84. The molecule has 2 heteroatoms. The van der Waals surface area contributed by atoms with Gasteiger partial charge in [0.15, 0.2) is 0 Å². The van der Waals surface area contributed by atoms with E-state index in [-0.39, 0.29) is 0 Å². The Labute approximate surface area is 104 Å². The van der Waals surface area contributed by atoms with E-state index in [0.29, 0.717) is 6.04 Å². The van der Waals surface area contributed by atoms with Crippen molar-refractivity contribution in [2.24, 2.45) is 11.7 Å². The molecule has 0 heterocycles. The van der Waals surface area contributed by atoms with Crippen LogP contribution in [0.2, 0.25) is 0 Å². The molecule has 1 aromatic carbocycles. The van der Waals surface area contributed by atoms with Crippen LogP contribution in [0.25, 0.3) is 0 Å². The minimum atomic E-state index is 0.307. The van der Waals surface area contributed by atoms with Gasteiger partial charge in [0.1, 0.15) is 0 Å². The maximum absolute atomic E-state index is 6.24. The summed E-state index contributed by atoms with van der Waals surface area (Å²) in [5, 5.41) is 0. The number of anilines is 1. The maximum atomic E-state index is 6.24. The summed E-state index contributed by atoms with van der Waals surface area (Å²) in [5.74, 6) is 0.868. The third kappa shape index (κ3) is 4.04. The van der Waals surface area contributed by atoms with Crippen LogP contribution in [-0.4, -0.2) is 6.04 Å². The van der Waals surface area contributed by atoms with Crippen LogP contribution in [0.5, 0.6) is 0 Å². The monoisotopic (exact) mass is 232 g/mol. The van der Waals surface area contributed by atoms with E-state index in [9.17, 15) is 0 Å². The highest BCUT2D eigenvalue weighted by Crippen LogP contribution is 2.27. The normalized spacial score (nSPS) is 19.1. The lowest BCUT2D eigenvalue weighted by Gasteiger charge is -2.24.